The van der Waals surface area contributed by atoms with E-state index in [-0.39, 0.29) is 0 Å². The van der Waals surface area contributed by atoms with E-state index in [2.05, 4.69) is 276 Å². The lowest BCUT2D eigenvalue weighted by atomic mass is 9.67. The van der Waals surface area contributed by atoms with Gasteiger partial charge in [0.2, 0.25) is 0 Å². The average Bonchev–Trinajstić information content (AvgIpc) is 2.77. The van der Waals surface area contributed by atoms with Crippen molar-refractivity contribution in [2.45, 2.75) is 38.5 Å². The zero-order chi connectivity index (χ0) is 53.0. The molecule has 79 heavy (non-hydrogen) atoms. The van der Waals surface area contributed by atoms with Gasteiger partial charge in [0, 0.05) is 10.9 Å². The first kappa shape index (κ1) is 46.6. The Bertz CT molecular complexity index is 4470. The van der Waals surface area contributed by atoms with Gasteiger partial charge < -0.3 is 4.42 Å². The fraction of sp³-hybridized carbons (Fsp3) is 0.0789. The zero-order valence-electron chi connectivity index (χ0n) is 44.6. The summed E-state index contributed by atoms with van der Waals surface area (Å²) in [5.74, 6) is 0. The second kappa shape index (κ2) is 17.9. The van der Waals surface area contributed by atoms with Gasteiger partial charge in [0.1, 0.15) is 23.1 Å². The molecule has 0 bridgehead atoms. The van der Waals surface area contributed by atoms with Crippen molar-refractivity contribution in [1.82, 2.24) is 9.97 Å². The molecule has 0 unspecified atom stereocenters. The number of aryl methyl sites for hydroxylation is 4. The lowest BCUT2D eigenvalue weighted by Crippen LogP contribution is -2.28. The molecule has 0 spiro atoms. The monoisotopic (exact) mass is 1010 g/mol. The molecule has 15 rings (SSSR count). The van der Waals surface area contributed by atoms with Gasteiger partial charge in [-0.15, -0.1) is 0 Å². The van der Waals surface area contributed by atoms with Gasteiger partial charge in [-0.05, 0) is 164 Å². The first-order chi connectivity index (χ1) is 38.7. The molecule has 0 radical (unpaired) electrons. The van der Waals surface area contributed by atoms with Crippen LogP contribution in [-0.2, 0) is 10.8 Å². The summed E-state index contributed by atoms with van der Waals surface area (Å²) in [4.78, 5) is 9.82. The topological polar surface area (TPSA) is 38.9 Å². The minimum absolute atomic E-state index is 0.484. The number of hydrogen-bond donors (Lipinski definition) is 0. The van der Waals surface area contributed by atoms with Crippen LogP contribution in [0.15, 0.2) is 259 Å². The van der Waals surface area contributed by atoms with Gasteiger partial charge >= 0.3 is 0 Å². The molecule has 3 nitrogen and oxygen atoms in total. The fourth-order valence-electron chi connectivity index (χ4n) is 13.4. The van der Waals surface area contributed by atoms with Crippen LogP contribution >= 0.6 is 0 Å². The zero-order valence-corrected chi connectivity index (χ0v) is 44.6. The van der Waals surface area contributed by atoms with E-state index < -0.39 is 10.8 Å². The molecule has 0 amide bonds. The molecular formula is C76H54N2O. The van der Waals surface area contributed by atoms with Gasteiger partial charge in [0.15, 0.2) is 5.58 Å². The van der Waals surface area contributed by atoms with E-state index in [9.17, 15) is 0 Å². The SMILES string of the molecule is Cc1ccc(C2(c3ccc(C)cc3)c3ccccc3-c3ccc(-c4cccc(-c5ccc6oc7c(-c8cccc(-c9ccc%10c(c9)C(c9ccc(C)cc9)(c9ccc(C)cc9)c9ccccc9-%10)c8)ncnc7c6c5)c4)cc32)cc1. The van der Waals surface area contributed by atoms with E-state index in [0.717, 1.165) is 55.6 Å². The summed E-state index contributed by atoms with van der Waals surface area (Å²) in [6.07, 6.45) is 1.68. The highest BCUT2D eigenvalue weighted by atomic mass is 16.3. The van der Waals surface area contributed by atoms with E-state index in [4.69, 9.17) is 14.4 Å². The van der Waals surface area contributed by atoms with Gasteiger partial charge in [-0.1, -0.05) is 235 Å². The smallest absolute Gasteiger partial charge is 0.180 e. The Balaban J connectivity index is 0.803. The van der Waals surface area contributed by atoms with Crippen LogP contribution in [0.5, 0.6) is 0 Å². The first-order valence-electron chi connectivity index (χ1n) is 27.4. The predicted octanol–water partition coefficient (Wildman–Crippen LogP) is 19.0. The van der Waals surface area contributed by atoms with Crippen molar-refractivity contribution >= 4 is 22.1 Å². The summed E-state index contributed by atoms with van der Waals surface area (Å²) in [6.45, 7) is 8.66. The van der Waals surface area contributed by atoms with Crippen LogP contribution in [0.25, 0.3) is 89.0 Å². The molecule has 13 aromatic rings. The molecule has 2 aliphatic carbocycles. The number of benzene rings is 11. The second-order valence-electron chi connectivity index (χ2n) is 22.0. The maximum absolute atomic E-state index is 6.76. The summed E-state index contributed by atoms with van der Waals surface area (Å²) >= 11 is 0. The Kier molecular flexibility index (Phi) is 10.6. The molecule has 374 valence electrons. The van der Waals surface area contributed by atoms with Gasteiger partial charge in [0.05, 0.1) is 10.8 Å². The first-order valence-corrected chi connectivity index (χ1v) is 27.4. The van der Waals surface area contributed by atoms with E-state index >= 15 is 0 Å². The standard InChI is InChI=1S/C76H54N2O/c1-47-19-30-58(31-20-47)75(59-32-21-48(2)22-33-59)67-17-7-5-15-62(67)64-38-27-55(44-69(64)75)52-12-9-11-51(41-52)54-29-40-71-66(43-54)73-74(79-71)72(77-46-78-73)57-14-10-13-53(42-57)56-28-39-65-63-16-6-8-18-68(63)76(70(65)45-56,60-34-23-49(3)24-35-60)61-36-25-50(4)26-37-61/h5-46H,1-4H3. The maximum atomic E-state index is 6.76. The van der Waals surface area contributed by atoms with Crippen molar-refractivity contribution in [2.75, 3.05) is 0 Å². The Hall–Kier alpha value is -9.70. The summed E-state index contributed by atoms with van der Waals surface area (Å²) in [6, 6.07) is 92.7. The summed E-state index contributed by atoms with van der Waals surface area (Å²) in [7, 11) is 0. The Morgan fingerprint density at radius 1 is 0.304 bits per heavy atom. The number of furan rings is 1. The highest BCUT2D eigenvalue weighted by molar-refractivity contribution is 6.08. The lowest BCUT2D eigenvalue weighted by Gasteiger charge is -2.34. The van der Waals surface area contributed by atoms with Crippen molar-refractivity contribution < 1.29 is 4.42 Å². The van der Waals surface area contributed by atoms with Crippen molar-refractivity contribution in [2.24, 2.45) is 0 Å². The average molecular weight is 1010 g/mol. The molecule has 0 fully saturated rings. The normalized spacial score (nSPS) is 13.5. The second-order valence-corrected chi connectivity index (χ2v) is 22.0. The van der Waals surface area contributed by atoms with E-state index in [1.165, 1.54) is 94.6 Å². The van der Waals surface area contributed by atoms with Crippen LogP contribution in [0.1, 0.15) is 66.8 Å². The third-order valence-corrected chi connectivity index (χ3v) is 17.3. The summed E-state index contributed by atoms with van der Waals surface area (Å²) in [5, 5.41) is 0.954. The quantitative estimate of drug-likeness (QED) is 0.152. The molecule has 0 aliphatic heterocycles. The number of hydrogen-bond acceptors (Lipinski definition) is 3. The molecule has 11 aromatic carbocycles. The van der Waals surface area contributed by atoms with Crippen LogP contribution < -0.4 is 0 Å². The van der Waals surface area contributed by atoms with E-state index in [1.54, 1.807) is 6.33 Å². The minimum Gasteiger partial charge on any atom is -0.452 e. The number of fused-ring (bicyclic) bond motifs is 9. The van der Waals surface area contributed by atoms with Crippen molar-refractivity contribution in [1.29, 1.82) is 0 Å². The number of nitrogens with zero attached hydrogens (tertiary/aromatic N) is 2. The number of rotatable bonds is 8. The molecule has 0 N–H and O–H groups in total. The van der Waals surface area contributed by atoms with Gasteiger partial charge in [-0.3, -0.25) is 0 Å². The molecule has 0 saturated heterocycles. The van der Waals surface area contributed by atoms with Crippen LogP contribution in [0, 0.1) is 27.7 Å². The third kappa shape index (κ3) is 7.12. The minimum atomic E-state index is -0.500. The highest BCUT2D eigenvalue weighted by Crippen LogP contribution is 2.59. The number of aromatic nitrogens is 2. The van der Waals surface area contributed by atoms with Crippen LogP contribution in [0.2, 0.25) is 0 Å². The van der Waals surface area contributed by atoms with Gasteiger partial charge in [-0.25, -0.2) is 9.97 Å². The molecule has 2 aromatic heterocycles. The van der Waals surface area contributed by atoms with Crippen molar-refractivity contribution in [3.8, 4) is 66.9 Å². The molecule has 2 aliphatic rings. The summed E-state index contributed by atoms with van der Waals surface area (Å²) < 4.78 is 6.76. The Labute approximate surface area is 461 Å². The summed E-state index contributed by atoms with van der Waals surface area (Å²) in [5.41, 5.74) is 30.1. The van der Waals surface area contributed by atoms with Crippen molar-refractivity contribution in [3.05, 3.63) is 322 Å². The third-order valence-electron chi connectivity index (χ3n) is 17.3. The van der Waals surface area contributed by atoms with Gasteiger partial charge in [-0.2, -0.15) is 0 Å². The van der Waals surface area contributed by atoms with Crippen LogP contribution in [-0.4, -0.2) is 9.97 Å². The van der Waals surface area contributed by atoms with Crippen molar-refractivity contribution in [3.63, 3.8) is 0 Å². The molecule has 2 heterocycles. The Morgan fingerprint density at radius 3 is 1.15 bits per heavy atom. The highest BCUT2D eigenvalue weighted by Gasteiger charge is 2.47. The van der Waals surface area contributed by atoms with E-state index in [1.807, 2.05) is 0 Å². The molecular weight excluding hydrogens is 957 g/mol. The van der Waals surface area contributed by atoms with Gasteiger partial charge in [0.25, 0.3) is 0 Å². The Morgan fingerprint density at radius 2 is 0.684 bits per heavy atom. The molecule has 0 saturated carbocycles. The predicted molar refractivity (Wildman–Crippen MR) is 325 cm³/mol. The lowest BCUT2D eigenvalue weighted by molar-refractivity contribution is 0.667. The molecule has 3 heteroatoms. The van der Waals surface area contributed by atoms with Crippen LogP contribution in [0.4, 0.5) is 0 Å². The molecule has 0 atom stereocenters. The fourth-order valence-corrected chi connectivity index (χ4v) is 13.4. The largest absolute Gasteiger partial charge is 0.452 e. The van der Waals surface area contributed by atoms with E-state index in [0.29, 0.717) is 5.58 Å². The van der Waals surface area contributed by atoms with Crippen LogP contribution in [0.3, 0.4) is 0 Å². The maximum Gasteiger partial charge on any atom is 0.180 e.